The number of halogens is 2. The molecule has 2 aromatic carbocycles. The van der Waals surface area contributed by atoms with E-state index >= 15 is 0 Å². The lowest BCUT2D eigenvalue weighted by molar-refractivity contribution is 0.318. The first kappa shape index (κ1) is 16.6. The molecule has 20 heavy (non-hydrogen) atoms. The standard InChI is InChI=1S/C13H10Cl2O2.C2H6O/c14-10-1-3-12(16)8(6-10)5-9-7-11(15)2-4-13(9)17;1-2-3/h1-4,6-7,16-17H,5H2;3H,2H2,1H3. The fourth-order valence-corrected chi connectivity index (χ4v) is 1.99. The molecule has 0 spiro atoms. The number of aromatic hydroxyl groups is 2. The van der Waals surface area contributed by atoms with E-state index in [0.717, 1.165) is 0 Å². The van der Waals surface area contributed by atoms with Crippen LogP contribution in [0.2, 0.25) is 10.0 Å². The maximum Gasteiger partial charge on any atom is 0.119 e. The van der Waals surface area contributed by atoms with Crippen molar-refractivity contribution in [2.24, 2.45) is 0 Å². The fourth-order valence-electron chi connectivity index (χ4n) is 1.60. The van der Waals surface area contributed by atoms with E-state index < -0.39 is 0 Å². The molecule has 0 saturated heterocycles. The average molecular weight is 315 g/mol. The number of aliphatic hydroxyl groups is 1. The van der Waals surface area contributed by atoms with Crippen molar-refractivity contribution < 1.29 is 15.3 Å². The third-order valence-corrected chi connectivity index (χ3v) is 2.93. The van der Waals surface area contributed by atoms with Gasteiger partial charge in [0.1, 0.15) is 11.5 Å². The van der Waals surface area contributed by atoms with E-state index in [1.807, 2.05) is 0 Å². The molecule has 3 nitrogen and oxygen atoms in total. The minimum absolute atomic E-state index is 0.147. The summed E-state index contributed by atoms with van der Waals surface area (Å²) in [5.74, 6) is 0.294. The predicted molar refractivity (Wildman–Crippen MR) is 81.8 cm³/mol. The molecule has 0 amide bonds. The number of phenolic OH excluding ortho intramolecular Hbond substituents is 2. The topological polar surface area (TPSA) is 60.7 Å². The van der Waals surface area contributed by atoms with Crippen LogP contribution in [0, 0.1) is 0 Å². The van der Waals surface area contributed by atoms with Crippen LogP contribution in [0.5, 0.6) is 11.5 Å². The Kier molecular flexibility index (Phi) is 6.65. The first-order chi connectivity index (χ1) is 9.47. The van der Waals surface area contributed by atoms with Crippen LogP contribution in [0.25, 0.3) is 0 Å². The highest BCUT2D eigenvalue weighted by Crippen LogP contribution is 2.29. The fraction of sp³-hybridized carbons (Fsp3) is 0.200. The van der Waals surface area contributed by atoms with Crippen molar-refractivity contribution in [3.05, 3.63) is 57.6 Å². The lowest BCUT2D eigenvalue weighted by atomic mass is 10.0. The first-order valence-corrected chi connectivity index (χ1v) is 6.79. The largest absolute Gasteiger partial charge is 0.508 e. The molecule has 0 aliphatic rings. The molecule has 0 radical (unpaired) electrons. The molecular formula is C15H16Cl2O3. The SMILES string of the molecule is CCO.Oc1ccc(Cl)cc1Cc1cc(Cl)ccc1O. The van der Waals surface area contributed by atoms with Crippen LogP contribution in [-0.4, -0.2) is 21.9 Å². The van der Waals surface area contributed by atoms with Gasteiger partial charge in [0.2, 0.25) is 0 Å². The molecule has 2 aromatic rings. The van der Waals surface area contributed by atoms with Gasteiger partial charge in [-0.15, -0.1) is 0 Å². The zero-order valence-electron chi connectivity index (χ0n) is 11.0. The summed E-state index contributed by atoms with van der Waals surface area (Å²) >= 11 is 11.7. The third kappa shape index (κ3) is 4.93. The van der Waals surface area contributed by atoms with Crippen LogP contribution < -0.4 is 0 Å². The van der Waals surface area contributed by atoms with Crippen LogP contribution in [0.15, 0.2) is 36.4 Å². The lowest BCUT2D eigenvalue weighted by Gasteiger charge is -2.07. The van der Waals surface area contributed by atoms with E-state index in [1.165, 1.54) is 12.1 Å². The van der Waals surface area contributed by atoms with Crippen molar-refractivity contribution in [3.8, 4) is 11.5 Å². The number of benzene rings is 2. The van der Waals surface area contributed by atoms with E-state index in [-0.39, 0.29) is 18.1 Å². The summed E-state index contributed by atoms with van der Waals surface area (Å²) in [6.07, 6.45) is 0.374. The van der Waals surface area contributed by atoms with E-state index in [9.17, 15) is 10.2 Å². The molecule has 0 unspecified atom stereocenters. The molecule has 0 aliphatic heterocycles. The first-order valence-electron chi connectivity index (χ1n) is 6.03. The second-order valence-electron chi connectivity index (χ2n) is 4.04. The molecule has 108 valence electrons. The third-order valence-electron chi connectivity index (χ3n) is 2.46. The highest BCUT2D eigenvalue weighted by Gasteiger charge is 2.07. The van der Waals surface area contributed by atoms with Crippen LogP contribution in [0.3, 0.4) is 0 Å². The molecule has 0 aromatic heterocycles. The molecule has 0 saturated carbocycles. The average Bonchev–Trinajstić information content (AvgIpc) is 2.39. The minimum Gasteiger partial charge on any atom is -0.508 e. The van der Waals surface area contributed by atoms with Gasteiger partial charge in [0.25, 0.3) is 0 Å². The number of hydrogen-bond acceptors (Lipinski definition) is 3. The molecule has 3 N–H and O–H groups in total. The molecule has 0 aliphatic carbocycles. The summed E-state index contributed by atoms with van der Waals surface area (Å²) in [6.45, 7) is 1.93. The van der Waals surface area contributed by atoms with Gasteiger partial charge in [-0.2, -0.15) is 0 Å². The zero-order chi connectivity index (χ0) is 15.1. The van der Waals surface area contributed by atoms with Crippen molar-refractivity contribution in [3.63, 3.8) is 0 Å². The Balaban J connectivity index is 0.000000612. The Morgan fingerprint density at radius 2 is 1.20 bits per heavy atom. The molecule has 0 atom stereocenters. The second-order valence-corrected chi connectivity index (χ2v) is 4.91. The molecule has 0 bridgehead atoms. The molecule has 5 heteroatoms. The van der Waals surface area contributed by atoms with Crippen molar-refractivity contribution in [1.82, 2.24) is 0 Å². The van der Waals surface area contributed by atoms with Crippen LogP contribution in [0.1, 0.15) is 18.1 Å². The second kappa shape index (κ2) is 8.00. The monoisotopic (exact) mass is 314 g/mol. The summed E-state index contributed by atoms with van der Waals surface area (Å²) in [4.78, 5) is 0. The van der Waals surface area contributed by atoms with Gasteiger partial charge in [-0.25, -0.2) is 0 Å². The van der Waals surface area contributed by atoms with Gasteiger partial charge >= 0.3 is 0 Å². The van der Waals surface area contributed by atoms with Crippen molar-refractivity contribution in [2.75, 3.05) is 6.61 Å². The van der Waals surface area contributed by atoms with Crippen LogP contribution in [0.4, 0.5) is 0 Å². The quantitative estimate of drug-likeness (QED) is 0.785. The van der Waals surface area contributed by atoms with Crippen molar-refractivity contribution >= 4 is 23.2 Å². The van der Waals surface area contributed by atoms with Gasteiger partial charge in [-0.05, 0) is 54.4 Å². The Morgan fingerprint density at radius 3 is 1.55 bits per heavy atom. The van der Waals surface area contributed by atoms with Gasteiger partial charge in [-0.1, -0.05) is 23.2 Å². The van der Waals surface area contributed by atoms with Crippen LogP contribution >= 0.6 is 23.2 Å². The Labute approximate surface area is 128 Å². The normalized spacial score (nSPS) is 9.80. The van der Waals surface area contributed by atoms with Crippen molar-refractivity contribution in [1.29, 1.82) is 0 Å². The highest BCUT2D eigenvalue weighted by molar-refractivity contribution is 6.31. The molecule has 0 heterocycles. The van der Waals surface area contributed by atoms with E-state index in [2.05, 4.69) is 0 Å². The van der Waals surface area contributed by atoms with Gasteiger partial charge < -0.3 is 15.3 Å². The van der Waals surface area contributed by atoms with E-state index in [0.29, 0.717) is 27.6 Å². The Hall–Kier alpha value is -1.42. The van der Waals surface area contributed by atoms with E-state index in [1.54, 1.807) is 31.2 Å². The summed E-state index contributed by atoms with van der Waals surface area (Å²) in [5, 5.41) is 28.0. The summed E-state index contributed by atoms with van der Waals surface area (Å²) in [6, 6.07) is 9.60. The van der Waals surface area contributed by atoms with Gasteiger partial charge in [0.05, 0.1) is 0 Å². The van der Waals surface area contributed by atoms with Crippen LogP contribution in [-0.2, 0) is 6.42 Å². The highest BCUT2D eigenvalue weighted by atomic mass is 35.5. The number of aliphatic hydroxyl groups excluding tert-OH is 1. The van der Waals surface area contributed by atoms with Crippen molar-refractivity contribution in [2.45, 2.75) is 13.3 Å². The lowest BCUT2D eigenvalue weighted by Crippen LogP contribution is -1.90. The predicted octanol–water partition coefficient (Wildman–Crippen LogP) is 3.99. The number of phenols is 2. The summed E-state index contributed by atoms with van der Waals surface area (Å²) in [7, 11) is 0. The Morgan fingerprint density at radius 1 is 0.850 bits per heavy atom. The maximum absolute atomic E-state index is 9.68. The molecular weight excluding hydrogens is 299 g/mol. The summed E-state index contributed by atoms with van der Waals surface area (Å²) in [5.41, 5.74) is 1.30. The molecule has 0 fully saturated rings. The zero-order valence-corrected chi connectivity index (χ0v) is 12.5. The smallest absolute Gasteiger partial charge is 0.119 e. The molecule has 2 rings (SSSR count). The number of rotatable bonds is 2. The summed E-state index contributed by atoms with van der Waals surface area (Å²) < 4.78 is 0. The minimum atomic E-state index is 0.147. The van der Waals surface area contributed by atoms with Gasteiger partial charge in [0.15, 0.2) is 0 Å². The van der Waals surface area contributed by atoms with Gasteiger partial charge in [0, 0.05) is 23.1 Å². The van der Waals surface area contributed by atoms with Gasteiger partial charge in [-0.3, -0.25) is 0 Å². The Bertz CT molecular complexity index is 522. The van der Waals surface area contributed by atoms with E-state index in [4.69, 9.17) is 28.3 Å². The maximum atomic E-state index is 9.68. The number of hydrogen-bond donors (Lipinski definition) is 3.